The van der Waals surface area contributed by atoms with Crippen LogP contribution in [-0.2, 0) is 24.1 Å². The van der Waals surface area contributed by atoms with Gasteiger partial charge in [-0.25, -0.2) is 13.2 Å². The Hall–Kier alpha value is -1.60. The molecule has 1 heterocycles. The van der Waals surface area contributed by atoms with Crippen LogP contribution in [0.25, 0.3) is 11.0 Å². The third-order valence-corrected chi connectivity index (χ3v) is 5.63. The van der Waals surface area contributed by atoms with E-state index in [9.17, 15) is 13.2 Å². The molecule has 0 spiro atoms. The average molecular weight is 297 g/mol. The number of hydrogen-bond acceptors (Lipinski definition) is 3. The minimum absolute atomic E-state index is 0.169. The molecule has 1 aromatic carbocycles. The lowest BCUT2D eigenvalue weighted by Gasteiger charge is -2.18. The zero-order chi connectivity index (χ0) is 15.1. The second-order valence-electron chi connectivity index (χ2n) is 4.64. The number of benzene rings is 1. The second kappa shape index (κ2) is 5.06. The van der Waals surface area contributed by atoms with E-state index in [1.165, 1.54) is 13.4 Å². The van der Waals surface area contributed by atoms with Gasteiger partial charge in [0, 0.05) is 27.2 Å². The highest BCUT2D eigenvalue weighted by Crippen LogP contribution is 2.20. The van der Waals surface area contributed by atoms with Crippen molar-refractivity contribution in [2.24, 2.45) is 14.1 Å². The lowest BCUT2D eigenvalue weighted by molar-refractivity contribution is 0.445. The normalized spacial score (nSPS) is 12.4. The highest BCUT2D eigenvalue weighted by atomic mass is 32.2. The van der Waals surface area contributed by atoms with E-state index in [1.807, 2.05) is 0 Å². The molecular formula is C13H19N3O3S. The van der Waals surface area contributed by atoms with E-state index in [-0.39, 0.29) is 10.6 Å². The monoisotopic (exact) mass is 297 g/mol. The van der Waals surface area contributed by atoms with Gasteiger partial charge in [-0.15, -0.1) is 0 Å². The SMILES string of the molecule is CCN(CC)S(=O)(=O)c1ccc2c(c1)n(C)c(=O)n2C. The van der Waals surface area contributed by atoms with Gasteiger partial charge in [0.1, 0.15) is 0 Å². The third kappa shape index (κ3) is 2.06. The summed E-state index contributed by atoms with van der Waals surface area (Å²) in [6.07, 6.45) is 0. The minimum atomic E-state index is -3.50. The predicted octanol–water partition coefficient (Wildman–Crippen LogP) is 0.907. The summed E-state index contributed by atoms with van der Waals surface area (Å²) in [4.78, 5) is 12.1. The fourth-order valence-electron chi connectivity index (χ4n) is 2.36. The molecule has 0 saturated carbocycles. The van der Waals surface area contributed by atoms with E-state index in [2.05, 4.69) is 0 Å². The van der Waals surface area contributed by atoms with Gasteiger partial charge >= 0.3 is 5.69 Å². The van der Waals surface area contributed by atoms with Crippen molar-refractivity contribution in [3.63, 3.8) is 0 Å². The molecule has 0 bridgehead atoms. The number of hydrogen-bond donors (Lipinski definition) is 0. The Morgan fingerprint density at radius 1 is 1.05 bits per heavy atom. The standard InChI is InChI=1S/C13H19N3O3S/c1-5-16(6-2)20(18,19)10-7-8-11-12(9-10)15(4)13(17)14(11)3/h7-9H,5-6H2,1-4H3. The fraction of sp³-hybridized carbons (Fsp3) is 0.462. The Balaban J connectivity index is 2.69. The Morgan fingerprint density at radius 3 is 2.15 bits per heavy atom. The number of imidazole rings is 1. The van der Waals surface area contributed by atoms with Crippen molar-refractivity contribution in [2.75, 3.05) is 13.1 Å². The number of fused-ring (bicyclic) bond motifs is 1. The summed E-state index contributed by atoms with van der Waals surface area (Å²) < 4.78 is 29.3. The number of aromatic nitrogens is 2. The fourth-order valence-corrected chi connectivity index (χ4v) is 3.84. The summed E-state index contributed by atoms with van der Waals surface area (Å²) in [5.74, 6) is 0. The van der Waals surface area contributed by atoms with Crippen LogP contribution in [-0.4, -0.2) is 34.9 Å². The first-order valence-corrected chi connectivity index (χ1v) is 7.94. The van der Waals surface area contributed by atoms with Crippen LogP contribution in [0.4, 0.5) is 0 Å². The molecule has 0 saturated heterocycles. The molecular weight excluding hydrogens is 278 g/mol. The molecule has 0 amide bonds. The van der Waals surface area contributed by atoms with Crippen LogP contribution in [0.3, 0.4) is 0 Å². The van der Waals surface area contributed by atoms with Crippen LogP contribution in [0.5, 0.6) is 0 Å². The van der Waals surface area contributed by atoms with Gasteiger partial charge in [-0.1, -0.05) is 13.8 Å². The molecule has 7 heteroatoms. The molecule has 0 fully saturated rings. The van der Waals surface area contributed by atoms with Crippen LogP contribution in [0, 0.1) is 0 Å². The zero-order valence-corrected chi connectivity index (χ0v) is 12.9. The van der Waals surface area contributed by atoms with Crippen LogP contribution in [0.2, 0.25) is 0 Å². The minimum Gasteiger partial charge on any atom is -0.295 e. The Morgan fingerprint density at radius 2 is 1.60 bits per heavy atom. The van der Waals surface area contributed by atoms with Gasteiger partial charge in [0.15, 0.2) is 0 Å². The summed E-state index contributed by atoms with van der Waals surface area (Å²) in [5, 5.41) is 0. The molecule has 1 aromatic heterocycles. The summed E-state index contributed by atoms with van der Waals surface area (Å²) in [6, 6.07) is 4.78. The lowest BCUT2D eigenvalue weighted by Crippen LogP contribution is -2.30. The topological polar surface area (TPSA) is 64.3 Å². The third-order valence-electron chi connectivity index (χ3n) is 3.59. The van der Waals surface area contributed by atoms with Gasteiger partial charge < -0.3 is 0 Å². The van der Waals surface area contributed by atoms with Crippen molar-refractivity contribution < 1.29 is 8.42 Å². The quantitative estimate of drug-likeness (QED) is 0.842. The molecule has 0 aliphatic heterocycles. The molecule has 0 aliphatic rings. The van der Waals surface area contributed by atoms with Gasteiger partial charge in [-0.3, -0.25) is 9.13 Å². The Bertz CT molecular complexity index is 798. The van der Waals surface area contributed by atoms with E-state index in [4.69, 9.17) is 0 Å². The highest BCUT2D eigenvalue weighted by molar-refractivity contribution is 7.89. The molecule has 2 rings (SSSR count). The number of sulfonamides is 1. The average Bonchev–Trinajstić information content (AvgIpc) is 2.64. The van der Waals surface area contributed by atoms with E-state index in [0.717, 1.165) is 5.52 Å². The van der Waals surface area contributed by atoms with Crippen molar-refractivity contribution in [3.8, 4) is 0 Å². The maximum atomic E-state index is 12.5. The molecule has 2 aromatic rings. The van der Waals surface area contributed by atoms with Gasteiger partial charge in [0.05, 0.1) is 15.9 Å². The maximum absolute atomic E-state index is 12.5. The first kappa shape index (κ1) is 14.8. The van der Waals surface area contributed by atoms with Crippen molar-refractivity contribution in [1.82, 2.24) is 13.4 Å². The van der Waals surface area contributed by atoms with Gasteiger partial charge in [-0.05, 0) is 18.2 Å². The predicted molar refractivity (Wildman–Crippen MR) is 78.3 cm³/mol. The molecule has 0 unspecified atom stereocenters. The molecule has 0 radical (unpaired) electrons. The zero-order valence-electron chi connectivity index (χ0n) is 12.1. The Labute approximate surface area is 118 Å². The van der Waals surface area contributed by atoms with Crippen molar-refractivity contribution in [1.29, 1.82) is 0 Å². The van der Waals surface area contributed by atoms with E-state index in [0.29, 0.717) is 18.6 Å². The summed E-state index contributed by atoms with van der Waals surface area (Å²) in [7, 11) is -0.197. The van der Waals surface area contributed by atoms with Gasteiger partial charge in [0.2, 0.25) is 10.0 Å². The van der Waals surface area contributed by atoms with Crippen LogP contribution >= 0.6 is 0 Å². The molecule has 6 nitrogen and oxygen atoms in total. The summed E-state index contributed by atoms with van der Waals surface area (Å²) >= 11 is 0. The molecule has 0 aliphatic carbocycles. The number of rotatable bonds is 4. The van der Waals surface area contributed by atoms with Crippen LogP contribution < -0.4 is 5.69 Å². The van der Waals surface area contributed by atoms with Crippen LogP contribution in [0.15, 0.2) is 27.9 Å². The van der Waals surface area contributed by atoms with Crippen molar-refractivity contribution >= 4 is 21.1 Å². The molecule has 0 atom stereocenters. The first-order valence-electron chi connectivity index (χ1n) is 6.50. The number of nitrogens with zero attached hydrogens (tertiary/aromatic N) is 3. The Kier molecular flexibility index (Phi) is 3.75. The smallest absolute Gasteiger partial charge is 0.295 e. The van der Waals surface area contributed by atoms with Crippen LogP contribution in [0.1, 0.15) is 13.8 Å². The summed E-state index contributed by atoms with van der Waals surface area (Å²) in [5.41, 5.74) is 1.17. The largest absolute Gasteiger partial charge is 0.328 e. The van der Waals surface area contributed by atoms with Crippen molar-refractivity contribution in [3.05, 3.63) is 28.7 Å². The van der Waals surface area contributed by atoms with Gasteiger partial charge in [0.25, 0.3) is 0 Å². The van der Waals surface area contributed by atoms with Crippen molar-refractivity contribution in [2.45, 2.75) is 18.7 Å². The van der Waals surface area contributed by atoms with E-state index < -0.39 is 10.0 Å². The summed E-state index contributed by atoms with van der Waals surface area (Å²) in [6.45, 7) is 4.45. The van der Waals surface area contributed by atoms with Gasteiger partial charge in [-0.2, -0.15) is 4.31 Å². The number of aryl methyl sites for hydroxylation is 2. The molecule has 0 N–H and O–H groups in total. The maximum Gasteiger partial charge on any atom is 0.328 e. The second-order valence-corrected chi connectivity index (χ2v) is 6.58. The molecule has 110 valence electrons. The molecule has 20 heavy (non-hydrogen) atoms. The first-order chi connectivity index (χ1) is 9.34. The lowest BCUT2D eigenvalue weighted by atomic mass is 10.3. The van der Waals surface area contributed by atoms with E-state index in [1.54, 1.807) is 46.1 Å². The van der Waals surface area contributed by atoms with E-state index >= 15 is 0 Å². The highest BCUT2D eigenvalue weighted by Gasteiger charge is 2.22.